The Balaban J connectivity index is 1.30. The highest BCUT2D eigenvalue weighted by molar-refractivity contribution is 7.13. The largest absolute Gasteiger partial charge is 0.337 e. The molecule has 0 N–H and O–H groups in total. The van der Waals surface area contributed by atoms with Crippen molar-refractivity contribution in [2.75, 3.05) is 26.7 Å². The van der Waals surface area contributed by atoms with Gasteiger partial charge in [-0.2, -0.15) is 0 Å². The van der Waals surface area contributed by atoms with Crippen molar-refractivity contribution in [3.63, 3.8) is 0 Å². The number of pyridine rings is 1. The Kier molecular flexibility index (Phi) is 6.77. The van der Waals surface area contributed by atoms with E-state index in [0.29, 0.717) is 10.7 Å². The van der Waals surface area contributed by atoms with E-state index in [0.717, 1.165) is 55.2 Å². The highest BCUT2D eigenvalue weighted by Gasteiger charge is 2.27. The number of thiazole rings is 1. The minimum Gasteiger partial charge on any atom is -0.337 e. The molecule has 1 aliphatic heterocycles. The molecule has 156 valence electrons. The lowest BCUT2D eigenvalue weighted by molar-refractivity contribution is 0.0638. The molecule has 1 saturated heterocycles. The van der Waals surface area contributed by atoms with Crippen molar-refractivity contribution in [2.24, 2.45) is 0 Å². The number of carbonyl (C=O) groups excluding carboxylic acids is 1. The Hall–Kier alpha value is -2.28. The van der Waals surface area contributed by atoms with Gasteiger partial charge in [0.1, 0.15) is 10.7 Å². The summed E-state index contributed by atoms with van der Waals surface area (Å²) in [5.74, 6) is -0.00148. The lowest BCUT2D eigenvalue weighted by atomic mass is 10.0. The minimum absolute atomic E-state index is 0.00148. The normalized spacial score (nSPS) is 15.3. The van der Waals surface area contributed by atoms with Crippen LogP contribution in [0.4, 0.5) is 0 Å². The van der Waals surface area contributed by atoms with Gasteiger partial charge in [-0.05, 0) is 37.1 Å². The van der Waals surface area contributed by atoms with Crippen LogP contribution >= 0.6 is 22.9 Å². The van der Waals surface area contributed by atoms with Crippen LogP contribution in [0.1, 0.15) is 29.0 Å². The van der Waals surface area contributed by atoms with Crippen LogP contribution in [-0.2, 0) is 6.42 Å². The van der Waals surface area contributed by atoms with Gasteiger partial charge in [-0.15, -0.1) is 11.3 Å². The number of halogens is 1. The lowest BCUT2D eigenvalue weighted by Gasteiger charge is -2.36. The highest BCUT2D eigenvalue weighted by atomic mass is 35.5. The molecule has 1 fully saturated rings. The van der Waals surface area contributed by atoms with Crippen LogP contribution < -0.4 is 0 Å². The molecule has 2 aromatic heterocycles. The van der Waals surface area contributed by atoms with E-state index in [1.54, 1.807) is 0 Å². The molecule has 1 amide bonds. The van der Waals surface area contributed by atoms with Crippen LogP contribution in [0.15, 0.2) is 54.0 Å². The van der Waals surface area contributed by atoms with Gasteiger partial charge in [0, 0.05) is 67.0 Å². The zero-order valence-electron chi connectivity index (χ0n) is 17.0. The third-order valence-electron chi connectivity index (χ3n) is 5.65. The number of hydrogen-bond donors (Lipinski definition) is 0. The molecule has 4 rings (SSSR count). The summed E-state index contributed by atoms with van der Waals surface area (Å²) in [6.45, 7) is 3.02. The second kappa shape index (κ2) is 9.69. The molecule has 0 atom stereocenters. The zero-order valence-corrected chi connectivity index (χ0v) is 18.6. The predicted molar refractivity (Wildman–Crippen MR) is 122 cm³/mol. The minimum atomic E-state index is -0.00148. The molecule has 0 spiro atoms. The number of aromatic nitrogens is 2. The summed E-state index contributed by atoms with van der Waals surface area (Å²) in [4.78, 5) is 26.3. The molecule has 0 saturated carbocycles. The van der Waals surface area contributed by atoms with E-state index < -0.39 is 0 Å². The van der Waals surface area contributed by atoms with Crippen LogP contribution in [0, 0.1) is 0 Å². The summed E-state index contributed by atoms with van der Waals surface area (Å²) in [5, 5.41) is 3.38. The Morgan fingerprint density at radius 3 is 2.67 bits per heavy atom. The average Bonchev–Trinajstić information content (AvgIpc) is 3.28. The fraction of sp³-hybridized carbons (Fsp3) is 0.348. The number of benzene rings is 1. The molecule has 0 aliphatic carbocycles. The maximum absolute atomic E-state index is 13.0. The highest BCUT2D eigenvalue weighted by Crippen LogP contribution is 2.26. The van der Waals surface area contributed by atoms with Crippen molar-refractivity contribution in [3.8, 4) is 10.6 Å². The van der Waals surface area contributed by atoms with Crippen LogP contribution in [0.2, 0.25) is 5.02 Å². The van der Waals surface area contributed by atoms with Gasteiger partial charge in [0.2, 0.25) is 0 Å². The smallest absolute Gasteiger partial charge is 0.273 e. The SMILES string of the molecule is CN(C(=O)c1csc(-c2ccc(Cl)cc2)n1)C1CCN(CCc2ccccn2)CC1. The van der Waals surface area contributed by atoms with Crippen LogP contribution in [-0.4, -0.2) is 58.4 Å². The van der Waals surface area contributed by atoms with Crippen LogP contribution in [0.3, 0.4) is 0 Å². The molecule has 3 heterocycles. The Bertz CT molecular complexity index is 968. The van der Waals surface area contributed by atoms with Crippen molar-refractivity contribution in [3.05, 3.63) is 70.5 Å². The Morgan fingerprint density at radius 2 is 1.97 bits per heavy atom. The van der Waals surface area contributed by atoms with E-state index in [1.807, 2.05) is 59.9 Å². The molecule has 0 radical (unpaired) electrons. The second-order valence-electron chi connectivity index (χ2n) is 7.60. The van der Waals surface area contributed by atoms with E-state index in [2.05, 4.69) is 20.9 Å². The number of likely N-dealkylation sites (tertiary alicyclic amines) is 1. The summed E-state index contributed by atoms with van der Waals surface area (Å²) < 4.78 is 0. The quantitative estimate of drug-likeness (QED) is 0.560. The first kappa shape index (κ1) is 21.0. The van der Waals surface area contributed by atoms with Gasteiger partial charge in [0.05, 0.1) is 0 Å². The average molecular weight is 441 g/mol. The summed E-state index contributed by atoms with van der Waals surface area (Å²) in [5.41, 5.74) is 2.63. The molecule has 0 bridgehead atoms. The van der Waals surface area contributed by atoms with Gasteiger partial charge in [-0.3, -0.25) is 9.78 Å². The third-order valence-corrected chi connectivity index (χ3v) is 6.79. The molecule has 7 heteroatoms. The summed E-state index contributed by atoms with van der Waals surface area (Å²) >= 11 is 7.45. The fourth-order valence-corrected chi connectivity index (χ4v) is 4.72. The third kappa shape index (κ3) is 5.06. The molecule has 30 heavy (non-hydrogen) atoms. The van der Waals surface area contributed by atoms with E-state index in [1.165, 1.54) is 11.3 Å². The molecular weight excluding hydrogens is 416 g/mol. The predicted octanol–water partition coefficient (Wildman–Crippen LogP) is 4.64. The Morgan fingerprint density at radius 1 is 1.20 bits per heavy atom. The van der Waals surface area contributed by atoms with Gasteiger partial charge < -0.3 is 9.80 Å². The number of nitrogens with zero attached hydrogens (tertiary/aromatic N) is 4. The molecule has 1 aliphatic rings. The number of rotatable bonds is 6. The van der Waals surface area contributed by atoms with Crippen molar-refractivity contribution in [2.45, 2.75) is 25.3 Å². The topological polar surface area (TPSA) is 49.3 Å². The van der Waals surface area contributed by atoms with Crippen LogP contribution in [0.5, 0.6) is 0 Å². The van der Waals surface area contributed by atoms with Gasteiger partial charge in [0.15, 0.2) is 0 Å². The molecule has 3 aromatic rings. The number of carbonyl (C=O) groups is 1. The van der Waals surface area contributed by atoms with E-state index in [-0.39, 0.29) is 11.9 Å². The molecule has 0 unspecified atom stereocenters. The Labute approximate surface area is 186 Å². The summed E-state index contributed by atoms with van der Waals surface area (Å²) in [6, 6.07) is 13.9. The van der Waals surface area contributed by atoms with Crippen LogP contribution in [0.25, 0.3) is 10.6 Å². The molecule has 1 aromatic carbocycles. The standard InChI is InChI=1S/C23H25ClN4OS/c1-27(20-10-14-28(15-11-20)13-9-19-4-2-3-12-25-19)23(29)21-16-30-22(26-21)17-5-7-18(24)8-6-17/h2-8,12,16,20H,9-11,13-15H2,1H3. The van der Waals surface area contributed by atoms with Crippen molar-refractivity contribution < 1.29 is 4.79 Å². The summed E-state index contributed by atoms with van der Waals surface area (Å²) in [6.07, 6.45) is 4.78. The van der Waals surface area contributed by atoms with Gasteiger partial charge in [-0.25, -0.2) is 4.98 Å². The monoisotopic (exact) mass is 440 g/mol. The number of hydrogen-bond acceptors (Lipinski definition) is 5. The van der Waals surface area contributed by atoms with Gasteiger partial charge >= 0.3 is 0 Å². The van der Waals surface area contributed by atoms with Gasteiger partial charge in [0.25, 0.3) is 5.91 Å². The first-order valence-corrected chi connectivity index (χ1v) is 11.5. The summed E-state index contributed by atoms with van der Waals surface area (Å²) in [7, 11) is 1.90. The van der Waals surface area contributed by atoms with E-state index in [4.69, 9.17) is 11.6 Å². The second-order valence-corrected chi connectivity index (χ2v) is 8.90. The number of amides is 1. The fourth-order valence-electron chi connectivity index (χ4n) is 3.79. The lowest BCUT2D eigenvalue weighted by Crippen LogP contribution is -2.46. The van der Waals surface area contributed by atoms with Gasteiger partial charge in [-0.1, -0.05) is 29.8 Å². The maximum Gasteiger partial charge on any atom is 0.273 e. The van der Waals surface area contributed by atoms with Crippen molar-refractivity contribution >= 4 is 28.8 Å². The molecular formula is C23H25ClN4OS. The molecule has 5 nitrogen and oxygen atoms in total. The number of piperidine rings is 1. The van der Waals surface area contributed by atoms with E-state index in [9.17, 15) is 4.79 Å². The first-order chi connectivity index (χ1) is 14.6. The van der Waals surface area contributed by atoms with E-state index >= 15 is 0 Å². The maximum atomic E-state index is 13.0. The first-order valence-electron chi connectivity index (χ1n) is 10.2. The van der Waals surface area contributed by atoms with Crippen molar-refractivity contribution in [1.82, 2.24) is 19.8 Å². The van der Waals surface area contributed by atoms with Crippen molar-refractivity contribution in [1.29, 1.82) is 0 Å². The zero-order chi connectivity index (χ0) is 20.9.